The summed E-state index contributed by atoms with van der Waals surface area (Å²) >= 11 is 0. The Balaban J connectivity index is 2.48. The van der Waals surface area contributed by atoms with Gasteiger partial charge in [0.1, 0.15) is 4.90 Å². The van der Waals surface area contributed by atoms with E-state index in [-0.39, 0.29) is 17.5 Å². The molecule has 0 radical (unpaired) electrons. The molecule has 1 unspecified atom stereocenters. The number of nitrogen functional groups attached to an aromatic ring is 1. The van der Waals surface area contributed by atoms with Crippen LogP contribution in [0.1, 0.15) is 19.8 Å². The number of hydrogen-bond donors (Lipinski definition) is 3. The summed E-state index contributed by atoms with van der Waals surface area (Å²) in [6.45, 7) is 1.80. The minimum atomic E-state index is -3.72. The molecule has 114 valence electrons. The van der Waals surface area contributed by atoms with Gasteiger partial charge in [0.2, 0.25) is 10.0 Å². The molecular formula is C14H19N3O3S. The van der Waals surface area contributed by atoms with Crippen LogP contribution in [0.3, 0.4) is 0 Å². The average Bonchev–Trinajstić information content (AvgIpc) is 2.47. The number of nitrogens with zero attached hydrogens (tertiary/aromatic N) is 1. The highest BCUT2D eigenvalue weighted by molar-refractivity contribution is 7.89. The van der Waals surface area contributed by atoms with Gasteiger partial charge >= 0.3 is 0 Å². The topological polar surface area (TPSA) is 105 Å². The van der Waals surface area contributed by atoms with Crippen LogP contribution in [0.25, 0.3) is 10.9 Å². The fourth-order valence-electron chi connectivity index (χ4n) is 2.17. The molecule has 1 aromatic heterocycles. The first-order chi connectivity index (χ1) is 9.99. The van der Waals surface area contributed by atoms with Crippen LogP contribution < -0.4 is 10.5 Å². The molecule has 0 fully saturated rings. The summed E-state index contributed by atoms with van der Waals surface area (Å²) < 4.78 is 27.7. The highest BCUT2D eigenvalue weighted by Gasteiger charge is 2.22. The summed E-state index contributed by atoms with van der Waals surface area (Å²) in [7, 11) is -3.72. The Morgan fingerprint density at radius 2 is 2.14 bits per heavy atom. The maximum atomic E-state index is 12.5. The first-order valence-corrected chi connectivity index (χ1v) is 8.24. The van der Waals surface area contributed by atoms with Crippen LogP contribution >= 0.6 is 0 Å². The maximum absolute atomic E-state index is 12.5. The molecule has 0 amide bonds. The van der Waals surface area contributed by atoms with Crippen molar-refractivity contribution in [1.29, 1.82) is 0 Å². The van der Waals surface area contributed by atoms with Crippen molar-refractivity contribution in [3.63, 3.8) is 0 Å². The zero-order chi connectivity index (χ0) is 15.5. The fourth-order valence-corrected chi connectivity index (χ4v) is 3.69. The summed E-state index contributed by atoms with van der Waals surface area (Å²) in [6, 6.07) is 6.16. The van der Waals surface area contributed by atoms with Gasteiger partial charge in [0.15, 0.2) is 0 Å². The Hall–Kier alpha value is -1.70. The highest BCUT2D eigenvalue weighted by Crippen LogP contribution is 2.26. The second-order valence-electron chi connectivity index (χ2n) is 4.79. The number of pyridine rings is 1. The lowest BCUT2D eigenvalue weighted by Gasteiger charge is -2.17. The first kappa shape index (κ1) is 15.7. The van der Waals surface area contributed by atoms with Gasteiger partial charge in [-0.3, -0.25) is 4.98 Å². The number of nitrogens with one attached hydrogen (secondary N) is 1. The van der Waals surface area contributed by atoms with Crippen molar-refractivity contribution in [3.8, 4) is 0 Å². The zero-order valence-corrected chi connectivity index (χ0v) is 12.6. The first-order valence-electron chi connectivity index (χ1n) is 6.76. The maximum Gasteiger partial charge on any atom is 0.242 e. The summed E-state index contributed by atoms with van der Waals surface area (Å²) in [4.78, 5) is 4.24. The normalized spacial score (nSPS) is 13.4. The van der Waals surface area contributed by atoms with E-state index in [1.54, 1.807) is 18.2 Å². The van der Waals surface area contributed by atoms with E-state index in [2.05, 4.69) is 9.71 Å². The van der Waals surface area contributed by atoms with Crippen LogP contribution in [0.4, 0.5) is 5.69 Å². The predicted octanol–water partition coefficient (Wildman–Crippen LogP) is 1.26. The molecule has 0 saturated heterocycles. The lowest BCUT2D eigenvalue weighted by atomic mass is 10.2. The van der Waals surface area contributed by atoms with Crippen molar-refractivity contribution in [2.75, 3.05) is 12.3 Å². The van der Waals surface area contributed by atoms with Gasteiger partial charge < -0.3 is 10.8 Å². The molecule has 21 heavy (non-hydrogen) atoms. The van der Waals surface area contributed by atoms with Crippen molar-refractivity contribution in [1.82, 2.24) is 9.71 Å². The number of aliphatic hydroxyl groups excluding tert-OH is 1. The number of hydrogen-bond acceptors (Lipinski definition) is 5. The van der Waals surface area contributed by atoms with Crippen molar-refractivity contribution in [2.24, 2.45) is 0 Å². The van der Waals surface area contributed by atoms with E-state index < -0.39 is 10.0 Å². The third-order valence-corrected chi connectivity index (χ3v) is 4.90. The molecule has 0 aliphatic carbocycles. The van der Waals surface area contributed by atoms with Gasteiger partial charge in [0.25, 0.3) is 0 Å². The van der Waals surface area contributed by atoms with Crippen LogP contribution in [0, 0.1) is 0 Å². The molecule has 0 aliphatic heterocycles. The van der Waals surface area contributed by atoms with E-state index in [1.807, 2.05) is 6.92 Å². The minimum absolute atomic E-state index is 0.0677. The number of benzene rings is 1. The Labute approximate surface area is 124 Å². The number of sulfonamides is 1. The molecule has 0 spiro atoms. The number of fused-ring (bicyclic) bond motifs is 1. The van der Waals surface area contributed by atoms with Crippen molar-refractivity contribution < 1.29 is 13.5 Å². The quantitative estimate of drug-likeness (QED) is 0.697. The third-order valence-electron chi connectivity index (χ3n) is 3.35. The fraction of sp³-hybridized carbons (Fsp3) is 0.357. The smallest absolute Gasteiger partial charge is 0.242 e. The lowest BCUT2D eigenvalue weighted by Crippen LogP contribution is -2.35. The third kappa shape index (κ3) is 3.31. The molecule has 7 heteroatoms. The van der Waals surface area contributed by atoms with Gasteiger partial charge in [-0.25, -0.2) is 13.1 Å². The SMILES string of the molecule is CCC(CCO)NS(=O)(=O)c1ccc(N)c2cccnc12. The van der Waals surface area contributed by atoms with Crippen LogP contribution in [0.15, 0.2) is 35.4 Å². The van der Waals surface area contributed by atoms with E-state index >= 15 is 0 Å². The molecule has 1 atom stereocenters. The second kappa shape index (κ2) is 6.38. The van der Waals surface area contributed by atoms with E-state index in [4.69, 9.17) is 10.8 Å². The molecule has 4 N–H and O–H groups in total. The molecule has 0 bridgehead atoms. The largest absolute Gasteiger partial charge is 0.398 e. The average molecular weight is 309 g/mol. The van der Waals surface area contributed by atoms with Crippen LogP contribution in [-0.4, -0.2) is 31.2 Å². The second-order valence-corrected chi connectivity index (χ2v) is 6.47. The van der Waals surface area contributed by atoms with E-state index in [1.165, 1.54) is 12.3 Å². The molecule has 2 aromatic rings. The minimum Gasteiger partial charge on any atom is -0.398 e. The van der Waals surface area contributed by atoms with E-state index in [0.717, 1.165) is 0 Å². The number of aromatic nitrogens is 1. The molecule has 0 aliphatic rings. The van der Waals surface area contributed by atoms with Gasteiger partial charge in [-0.05, 0) is 37.1 Å². The molecule has 1 heterocycles. The molecule has 0 saturated carbocycles. The summed E-state index contributed by atoms with van der Waals surface area (Å²) in [5.41, 5.74) is 6.69. The standard InChI is InChI=1S/C14H19N3O3S/c1-2-10(7-9-18)17-21(19,20)13-6-5-12(15)11-4-3-8-16-14(11)13/h3-6,8,10,17-18H,2,7,9,15H2,1H3. The summed E-state index contributed by atoms with van der Waals surface area (Å²) in [5.74, 6) is 0. The van der Waals surface area contributed by atoms with Crippen LogP contribution in [-0.2, 0) is 10.0 Å². The number of nitrogens with two attached hydrogens (primary N) is 1. The van der Waals surface area contributed by atoms with Gasteiger partial charge in [-0.2, -0.15) is 0 Å². The summed E-state index contributed by atoms with van der Waals surface area (Å²) in [5, 5.41) is 9.59. The van der Waals surface area contributed by atoms with Crippen LogP contribution in [0.2, 0.25) is 0 Å². The van der Waals surface area contributed by atoms with Gasteiger partial charge in [-0.15, -0.1) is 0 Å². The Kier molecular flexibility index (Phi) is 4.76. The molecular weight excluding hydrogens is 290 g/mol. The molecule has 6 nitrogen and oxygen atoms in total. The van der Waals surface area contributed by atoms with Crippen molar-refractivity contribution >= 4 is 26.6 Å². The number of anilines is 1. The highest BCUT2D eigenvalue weighted by atomic mass is 32.2. The number of rotatable bonds is 6. The lowest BCUT2D eigenvalue weighted by molar-refractivity contribution is 0.270. The van der Waals surface area contributed by atoms with Crippen LogP contribution in [0.5, 0.6) is 0 Å². The summed E-state index contributed by atoms with van der Waals surface area (Å²) in [6.07, 6.45) is 2.50. The zero-order valence-electron chi connectivity index (χ0n) is 11.8. The van der Waals surface area contributed by atoms with Gasteiger partial charge in [0.05, 0.1) is 5.52 Å². The molecule has 2 rings (SSSR count). The number of aliphatic hydroxyl groups is 1. The van der Waals surface area contributed by atoms with E-state index in [0.29, 0.717) is 29.4 Å². The molecule has 1 aromatic carbocycles. The van der Waals surface area contributed by atoms with E-state index in [9.17, 15) is 8.42 Å². The van der Waals surface area contributed by atoms with Gasteiger partial charge in [0, 0.05) is 29.9 Å². The van der Waals surface area contributed by atoms with Crippen molar-refractivity contribution in [3.05, 3.63) is 30.5 Å². The Bertz CT molecular complexity index is 731. The Morgan fingerprint density at radius 1 is 1.38 bits per heavy atom. The van der Waals surface area contributed by atoms with Gasteiger partial charge in [-0.1, -0.05) is 6.92 Å². The monoisotopic (exact) mass is 309 g/mol. The predicted molar refractivity (Wildman–Crippen MR) is 82.3 cm³/mol. The van der Waals surface area contributed by atoms with Crippen molar-refractivity contribution in [2.45, 2.75) is 30.7 Å². The Morgan fingerprint density at radius 3 is 2.81 bits per heavy atom.